The standard InChI is InChI=1S/C30H40O2/c31-29-25-18-16-21-12-8-4-1-2-5-10-14-23(20-21)27(25)30(32)28-24-15-11-7-3-6-9-13-22(24)17-19-26(28)29/h16-19,21-24H,1-15,20H2. The van der Waals surface area contributed by atoms with E-state index in [0.29, 0.717) is 11.8 Å². The number of carbonyl (C=O) groups is 2. The van der Waals surface area contributed by atoms with Gasteiger partial charge in [0.25, 0.3) is 0 Å². The second kappa shape index (κ2) is 10.1. The van der Waals surface area contributed by atoms with Crippen LogP contribution in [0.5, 0.6) is 0 Å². The van der Waals surface area contributed by atoms with Gasteiger partial charge in [0.1, 0.15) is 0 Å². The fourth-order valence-corrected chi connectivity index (χ4v) is 7.16. The maximum Gasteiger partial charge on any atom is 0.193 e. The molecule has 2 saturated carbocycles. The Labute approximate surface area is 194 Å². The van der Waals surface area contributed by atoms with Gasteiger partial charge in [-0.05, 0) is 55.8 Å². The normalized spacial score (nSPS) is 34.4. The summed E-state index contributed by atoms with van der Waals surface area (Å²) in [6, 6.07) is 0. The van der Waals surface area contributed by atoms with Gasteiger partial charge in [0.05, 0.1) is 0 Å². The molecule has 0 spiro atoms. The van der Waals surface area contributed by atoms with Crippen molar-refractivity contribution in [1.29, 1.82) is 0 Å². The van der Waals surface area contributed by atoms with E-state index in [2.05, 4.69) is 18.2 Å². The zero-order valence-electron chi connectivity index (χ0n) is 19.7. The molecular weight excluding hydrogens is 392 g/mol. The molecule has 5 rings (SSSR count). The number of ketones is 2. The lowest BCUT2D eigenvalue weighted by Crippen LogP contribution is -2.34. The molecule has 2 heteroatoms. The minimum Gasteiger partial charge on any atom is -0.289 e. The van der Waals surface area contributed by atoms with Gasteiger partial charge in [0.2, 0.25) is 0 Å². The fourth-order valence-electron chi connectivity index (χ4n) is 7.16. The van der Waals surface area contributed by atoms with Crippen LogP contribution in [-0.4, -0.2) is 11.6 Å². The molecule has 2 bridgehead atoms. The Morgan fingerprint density at radius 2 is 1.16 bits per heavy atom. The van der Waals surface area contributed by atoms with E-state index in [0.717, 1.165) is 48.0 Å². The van der Waals surface area contributed by atoms with Crippen LogP contribution in [0.25, 0.3) is 0 Å². The Morgan fingerprint density at radius 3 is 1.94 bits per heavy atom. The summed E-state index contributed by atoms with van der Waals surface area (Å²) in [7, 11) is 0. The Bertz CT molecular complexity index is 867. The van der Waals surface area contributed by atoms with Gasteiger partial charge in [-0.15, -0.1) is 0 Å². The molecule has 32 heavy (non-hydrogen) atoms. The third kappa shape index (κ3) is 4.39. The molecule has 0 amide bonds. The Morgan fingerprint density at radius 1 is 0.562 bits per heavy atom. The molecule has 0 saturated heterocycles. The second-order valence-electron chi connectivity index (χ2n) is 11.0. The Hall–Kier alpha value is -1.70. The van der Waals surface area contributed by atoms with Gasteiger partial charge in [0, 0.05) is 22.3 Å². The summed E-state index contributed by atoms with van der Waals surface area (Å²) in [6.07, 6.45) is 28.2. The van der Waals surface area contributed by atoms with Gasteiger partial charge in [-0.3, -0.25) is 9.59 Å². The molecule has 0 aliphatic heterocycles. The van der Waals surface area contributed by atoms with E-state index in [1.54, 1.807) is 0 Å². The maximum absolute atomic E-state index is 14.2. The minimum atomic E-state index is 0.137. The van der Waals surface area contributed by atoms with Gasteiger partial charge in [-0.2, -0.15) is 0 Å². The van der Waals surface area contributed by atoms with Crippen LogP contribution in [0.1, 0.15) is 103 Å². The largest absolute Gasteiger partial charge is 0.289 e. The highest BCUT2D eigenvalue weighted by Crippen LogP contribution is 2.46. The third-order valence-corrected chi connectivity index (χ3v) is 8.92. The van der Waals surface area contributed by atoms with Crippen LogP contribution in [0.2, 0.25) is 0 Å². The summed E-state index contributed by atoms with van der Waals surface area (Å²) in [5, 5.41) is 0. The molecule has 172 valence electrons. The van der Waals surface area contributed by atoms with Crippen LogP contribution >= 0.6 is 0 Å². The molecule has 0 aromatic heterocycles. The SMILES string of the molecule is O=C1C2=C(C(=O)C3=C1C=CC1CCCCCCCC31)C1CCCCCCCCC(C=C2)C1. The van der Waals surface area contributed by atoms with Gasteiger partial charge >= 0.3 is 0 Å². The lowest BCUT2D eigenvalue weighted by molar-refractivity contribution is -0.117. The van der Waals surface area contributed by atoms with Crippen LogP contribution in [-0.2, 0) is 9.59 Å². The number of fused-ring (bicyclic) bond motifs is 5. The highest BCUT2D eigenvalue weighted by molar-refractivity contribution is 6.28. The zero-order valence-corrected chi connectivity index (χ0v) is 19.7. The van der Waals surface area contributed by atoms with Crippen LogP contribution < -0.4 is 0 Å². The molecule has 0 aromatic rings. The quantitative estimate of drug-likeness (QED) is 0.369. The van der Waals surface area contributed by atoms with Crippen molar-refractivity contribution in [2.24, 2.45) is 23.7 Å². The average Bonchev–Trinajstić information content (AvgIpc) is 2.92. The van der Waals surface area contributed by atoms with Gasteiger partial charge < -0.3 is 0 Å². The minimum absolute atomic E-state index is 0.137. The van der Waals surface area contributed by atoms with Crippen molar-refractivity contribution in [3.63, 3.8) is 0 Å². The van der Waals surface area contributed by atoms with Crippen molar-refractivity contribution in [2.75, 3.05) is 0 Å². The van der Waals surface area contributed by atoms with Crippen LogP contribution in [0.3, 0.4) is 0 Å². The van der Waals surface area contributed by atoms with E-state index in [9.17, 15) is 9.59 Å². The number of rotatable bonds is 0. The number of allylic oxidation sites excluding steroid dienone is 8. The first-order valence-electron chi connectivity index (χ1n) is 13.7. The van der Waals surface area contributed by atoms with Crippen LogP contribution in [0, 0.1) is 23.7 Å². The molecule has 2 nitrogen and oxygen atoms in total. The first-order valence-corrected chi connectivity index (χ1v) is 13.7. The molecule has 0 heterocycles. The van der Waals surface area contributed by atoms with E-state index < -0.39 is 0 Å². The maximum atomic E-state index is 14.2. The number of hydrogen-bond acceptors (Lipinski definition) is 2. The smallest absolute Gasteiger partial charge is 0.193 e. The third-order valence-electron chi connectivity index (χ3n) is 8.92. The van der Waals surface area contributed by atoms with Crippen LogP contribution in [0.15, 0.2) is 46.6 Å². The molecule has 5 aliphatic rings. The van der Waals surface area contributed by atoms with Crippen molar-refractivity contribution >= 4 is 11.6 Å². The van der Waals surface area contributed by atoms with E-state index in [-0.39, 0.29) is 23.4 Å². The Kier molecular flexibility index (Phi) is 6.95. The molecule has 2 fully saturated rings. The lowest BCUT2D eigenvalue weighted by atomic mass is 9.66. The molecule has 4 atom stereocenters. The van der Waals surface area contributed by atoms with Gasteiger partial charge in [-0.25, -0.2) is 0 Å². The summed E-state index contributed by atoms with van der Waals surface area (Å²) in [5.74, 6) is 1.84. The van der Waals surface area contributed by atoms with Crippen molar-refractivity contribution in [2.45, 2.75) is 103 Å². The predicted molar refractivity (Wildman–Crippen MR) is 130 cm³/mol. The summed E-state index contributed by atoms with van der Waals surface area (Å²) in [6.45, 7) is 0. The first-order chi connectivity index (χ1) is 15.7. The molecule has 5 aliphatic carbocycles. The Balaban J connectivity index is 1.50. The van der Waals surface area contributed by atoms with E-state index >= 15 is 0 Å². The summed E-state index contributed by atoms with van der Waals surface area (Å²) in [4.78, 5) is 28.0. The lowest BCUT2D eigenvalue weighted by Gasteiger charge is -2.35. The van der Waals surface area contributed by atoms with E-state index in [1.807, 2.05) is 6.08 Å². The van der Waals surface area contributed by atoms with Crippen molar-refractivity contribution in [1.82, 2.24) is 0 Å². The average molecular weight is 433 g/mol. The highest BCUT2D eigenvalue weighted by atomic mass is 16.1. The number of hydrogen-bond donors (Lipinski definition) is 0. The number of carbonyl (C=O) groups excluding carboxylic acids is 2. The van der Waals surface area contributed by atoms with Crippen molar-refractivity contribution in [3.8, 4) is 0 Å². The number of Topliss-reactive ketones (excluding diaryl/α,β-unsaturated/α-hetero) is 2. The molecule has 0 aromatic carbocycles. The van der Waals surface area contributed by atoms with Crippen LogP contribution in [0.4, 0.5) is 0 Å². The summed E-state index contributed by atoms with van der Waals surface area (Å²) >= 11 is 0. The van der Waals surface area contributed by atoms with Gasteiger partial charge in [-0.1, -0.05) is 94.9 Å². The topological polar surface area (TPSA) is 34.1 Å². The zero-order chi connectivity index (χ0) is 21.9. The van der Waals surface area contributed by atoms with E-state index in [1.165, 1.54) is 77.0 Å². The summed E-state index contributed by atoms with van der Waals surface area (Å²) < 4.78 is 0. The van der Waals surface area contributed by atoms with Crippen molar-refractivity contribution < 1.29 is 9.59 Å². The van der Waals surface area contributed by atoms with Gasteiger partial charge in [0.15, 0.2) is 11.6 Å². The molecule has 0 radical (unpaired) electrons. The van der Waals surface area contributed by atoms with Crippen molar-refractivity contribution in [3.05, 3.63) is 46.6 Å². The fraction of sp³-hybridized carbons (Fsp3) is 0.667. The molecular formula is C30H40O2. The second-order valence-corrected chi connectivity index (χ2v) is 11.0. The highest BCUT2D eigenvalue weighted by Gasteiger charge is 2.43. The van der Waals surface area contributed by atoms with E-state index in [4.69, 9.17) is 0 Å². The summed E-state index contributed by atoms with van der Waals surface area (Å²) in [5.41, 5.74) is 3.28. The monoisotopic (exact) mass is 432 g/mol. The first kappa shape index (κ1) is 22.1. The molecule has 4 unspecified atom stereocenters. The molecule has 0 N–H and O–H groups in total. The predicted octanol–water partition coefficient (Wildman–Crippen LogP) is 7.60.